The molecule has 0 saturated carbocycles. The normalized spacial score (nSPS) is 20.6. The summed E-state index contributed by atoms with van der Waals surface area (Å²) in [6, 6.07) is 0. The van der Waals surface area contributed by atoms with Crippen LogP contribution >= 0.6 is 0 Å². The van der Waals surface area contributed by atoms with Gasteiger partial charge in [-0.05, 0) is 39.8 Å². The Bertz CT molecular complexity index is 192. The van der Waals surface area contributed by atoms with Crippen molar-refractivity contribution in [2.45, 2.75) is 33.2 Å². The average Bonchev–Trinajstić information content (AvgIpc) is 1.78. The van der Waals surface area contributed by atoms with Gasteiger partial charge in [-0.1, -0.05) is 6.92 Å². The zero-order chi connectivity index (χ0) is 10.1. The molecule has 1 aliphatic rings. The topological polar surface area (TPSA) is 41.1 Å². The van der Waals surface area contributed by atoms with Crippen molar-refractivity contribution >= 4 is 5.91 Å². The Labute approximate surface area is 80.3 Å². The average molecular weight is 184 g/mol. The van der Waals surface area contributed by atoms with E-state index in [1.54, 1.807) is 0 Å². The van der Waals surface area contributed by atoms with Crippen LogP contribution in [0.25, 0.3) is 0 Å². The largest absolute Gasteiger partial charge is 0.351 e. The summed E-state index contributed by atoms with van der Waals surface area (Å²) in [6.07, 6.45) is 0. The molecular formula is C10H20N2O. The zero-order valence-corrected chi connectivity index (χ0v) is 8.98. The molecule has 76 valence electrons. The number of nitrogens with one attached hydrogen (secondary N) is 2. The van der Waals surface area contributed by atoms with Crippen molar-refractivity contribution in [3.63, 3.8) is 0 Å². The second-order valence-electron chi connectivity index (χ2n) is 4.95. The number of carbonyl (C=O) groups is 1. The maximum Gasteiger partial charge on any atom is 0.223 e. The van der Waals surface area contributed by atoms with Gasteiger partial charge < -0.3 is 10.6 Å². The van der Waals surface area contributed by atoms with Crippen LogP contribution in [0.1, 0.15) is 27.7 Å². The molecule has 3 nitrogen and oxygen atoms in total. The van der Waals surface area contributed by atoms with Crippen LogP contribution in [0.4, 0.5) is 0 Å². The summed E-state index contributed by atoms with van der Waals surface area (Å²) in [5.41, 5.74) is -0.109. The van der Waals surface area contributed by atoms with Gasteiger partial charge in [-0.25, -0.2) is 0 Å². The Morgan fingerprint density at radius 2 is 2.00 bits per heavy atom. The predicted octanol–water partition coefficient (Wildman–Crippen LogP) is 0.757. The highest BCUT2D eigenvalue weighted by atomic mass is 16.2. The van der Waals surface area contributed by atoms with Crippen LogP contribution in [0.15, 0.2) is 0 Å². The number of amides is 1. The van der Waals surface area contributed by atoms with Gasteiger partial charge in [-0.2, -0.15) is 0 Å². The molecule has 0 spiro atoms. The lowest BCUT2D eigenvalue weighted by Gasteiger charge is -2.33. The summed E-state index contributed by atoms with van der Waals surface area (Å²) >= 11 is 0. The molecule has 0 aromatic carbocycles. The second-order valence-corrected chi connectivity index (χ2v) is 4.95. The fraction of sp³-hybridized carbons (Fsp3) is 0.900. The fourth-order valence-electron chi connectivity index (χ4n) is 1.36. The van der Waals surface area contributed by atoms with Crippen molar-refractivity contribution in [1.29, 1.82) is 0 Å². The SMILES string of the molecule is CC(C(=O)NC(C)(C)C)C1CNC1. The van der Waals surface area contributed by atoms with Crippen molar-refractivity contribution in [3.05, 3.63) is 0 Å². The minimum Gasteiger partial charge on any atom is -0.351 e. The first-order valence-electron chi connectivity index (χ1n) is 4.93. The van der Waals surface area contributed by atoms with Crippen molar-refractivity contribution in [2.24, 2.45) is 11.8 Å². The van der Waals surface area contributed by atoms with E-state index < -0.39 is 0 Å². The summed E-state index contributed by atoms with van der Waals surface area (Å²) < 4.78 is 0. The van der Waals surface area contributed by atoms with E-state index in [0.717, 1.165) is 13.1 Å². The van der Waals surface area contributed by atoms with Gasteiger partial charge in [-0.15, -0.1) is 0 Å². The van der Waals surface area contributed by atoms with Gasteiger partial charge in [0.1, 0.15) is 0 Å². The third-order valence-electron chi connectivity index (χ3n) is 2.43. The van der Waals surface area contributed by atoms with E-state index in [2.05, 4.69) is 10.6 Å². The van der Waals surface area contributed by atoms with Crippen LogP contribution in [0, 0.1) is 11.8 Å². The maximum atomic E-state index is 11.7. The highest BCUT2D eigenvalue weighted by molar-refractivity contribution is 5.79. The molecule has 1 saturated heterocycles. The standard InChI is InChI=1S/C10H20N2O/c1-7(8-5-11-6-8)9(13)12-10(2,3)4/h7-8,11H,5-6H2,1-4H3,(H,12,13). The second kappa shape index (κ2) is 3.66. The number of carbonyl (C=O) groups excluding carboxylic acids is 1. The molecule has 1 heterocycles. The number of hydrogen-bond acceptors (Lipinski definition) is 2. The fourth-order valence-corrected chi connectivity index (χ4v) is 1.36. The monoisotopic (exact) mass is 184 g/mol. The quantitative estimate of drug-likeness (QED) is 0.665. The molecular weight excluding hydrogens is 164 g/mol. The van der Waals surface area contributed by atoms with Gasteiger partial charge in [0.2, 0.25) is 5.91 Å². The summed E-state index contributed by atoms with van der Waals surface area (Å²) in [5, 5.41) is 6.18. The summed E-state index contributed by atoms with van der Waals surface area (Å²) in [4.78, 5) is 11.7. The number of hydrogen-bond donors (Lipinski definition) is 2. The molecule has 1 rings (SSSR count). The van der Waals surface area contributed by atoms with Crippen LogP contribution in [0.3, 0.4) is 0 Å². The molecule has 3 heteroatoms. The number of rotatable bonds is 2. The van der Waals surface area contributed by atoms with Crippen molar-refractivity contribution in [1.82, 2.24) is 10.6 Å². The lowest BCUT2D eigenvalue weighted by molar-refractivity contribution is -0.128. The minimum atomic E-state index is -0.109. The summed E-state index contributed by atoms with van der Waals surface area (Å²) in [6.45, 7) is 10.0. The van der Waals surface area contributed by atoms with Gasteiger partial charge in [0.05, 0.1) is 0 Å². The van der Waals surface area contributed by atoms with Gasteiger partial charge in [0, 0.05) is 11.5 Å². The molecule has 0 radical (unpaired) electrons. The Morgan fingerprint density at radius 3 is 2.31 bits per heavy atom. The van der Waals surface area contributed by atoms with Gasteiger partial charge in [0.15, 0.2) is 0 Å². The smallest absolute Gasteiger partial charge is 0.223 e. The van der Waals surface area contributed by atoms with E-state index in [1.165, 1.54) is 0 Å². The third-order valence-corrected chi connectivity index (χ3v) is 2.43. The van der Waals surface area contributed by atoms with Gasteiger partial charge >= 0.3 is 0 Å². The van der Waals surface area contributed by atoms with Crippen LogP contribution in [-0.2, 0) is 4.79 Å². The molecule has 0 aromatic rings. The molecule has 1 atom stereocenters. The van der Waals surface area contributed by atoms with Crippen LogP contribution in [-0.4, -0.2) is 24.5 Å². The molecule has 0 aromatic heterocycles. The van der Waals surface area contributed by atoms with E-state index in [4.69, 9.17) is 0 Å². The first-order chi connectivity index (χ1) is 5.90. The molecule has 1 amide bonds. The van der Waals surface area contributed by atoms with E-state index in [-0.39, 0.29) is 17.4 Å². The molecule has 0 bridgehead atoms. The lowest BCUT2D eigenvalue weighted by Crippen LogP contribution is -2.52. The molecule has 13 heavy (non-hydrogen) atoms. The van der Waals surface area contributed by atoms with Gasteiger partial charge in [-0.3, -0.25) is 4.79 Å². The first-order valence-corrected chi connectivity index (χ1v) is 4.93. The molecule has 1 fully saturated rings. The Kier molecular flexibility index (Phi) is 2.96. The molecule has 1 unspecified atom stereocenters. The van der Waals surface area contributed by atoms with Crippen molar-refractivity contribution in [3.8, 4) is 0 Å². The Morgan fingerprint density at radius 1 is 1.46 bits per heavy atom. The van der Waals surface area contributed by atoms with Crippen LogP contribution in [0.2, 0.25) is 0 Å². The van der Waals surface area contributed by atoms with Crippen LogP contribution in [0.5, 0.6) is 0 Å². The highest BCUT2D eigenvalue weighted by Gasteiger charge is 2.30. The Hall–Kier alpha value is -0.570. The van der Waals surface area contributed by atoms with E-state index in [9.17, 15) is 4.79 Å². The van der Waals surface area contributed by atoms with Gasteiger partial charge in [0.25, 0.3) is 0 Å². The minimum absolute atomic E-state index is 0.109. The third kappa shape index (κ3) is 2.99. The highest BCUT2D eigenvalue weighted by Crippen LogP contribution is 2.16. The molecule has 1 aliphatic heterocycles. The summed E-state index contributed by atoms with van der Waals surface area (Å²) in [5.74, 6) is 0.849. The zero-order valence-electron chi connectivity index (χ0n) is 8.98. The van der Waals surface area contributed by atoms with Crippen molar-refractivity contribution < 1.29 is 4.79 Å². The van der Waals surface area contributed by atoms with E-state index >= 15 is 0 Å². The summed E-state index contributed by atoms with van der Waals surface area (Å²) in [7, 11) is 0. The predicted molar refractivity (Wildman–Crippen MR) is 53.4 cm³/mol. The molecule has 0 aliphatic carbocycles. The van der Waals surface area contributed by atoms with E-state index in [0.29, 0.717) is 5.92 Å². The van der Waals surface area contributed by atoms with Crippen molar-refractivity contribution in [2.75, 3.05) is 13.1 Å². The first kappa shape index (κ1) is 10.5. The maximum absolute atomic E-state index is 11.7. The Balaban J connectivity index is 2.38. The lowest BCUT2D eigenvalue weighted by atomic mass is 9.88. The van der Waals surface area contributed by atoms with E-state index in [1.807, 2.05) is 27.7 Å². The van der Waals surface area contributed by atoms with Crippen LogP contribution < -0.4 is 10.6 Å². The molecule has 2 N–H and O–H groups in total.